The van der Waals surface area contributed by atoms with Gasteiger partial charge < -0.3 is 0 Å². The normalized spacial score (nSPS) is 10.8. The van der Waals surface area contributed by atoms with E-state index in [-0.39, 0.29) is 5.28 Å². The molecule has 0 aromatic carbocycles. The zero-order chi connectivity index (χ0) is 14.8. The Morgan fingerprint density at radius 3 is 2.38 bits per heavy atom. The smallest absolute Gasteiger partial charge is 0.240 e. The van der Waals surface area contributed by atoms with E-state index in [1.807, 2.05) is 19.9 Å². The summed E-state index contributed by atoms with van der Waals surface area (Å²) in [5, 5.41) is 1.12. The van der Waals surface area contributed by atoms with E-state index < -0.39 is 0 Å². The molecule has 106 valence electrons. The Balaban J connectivity index is 1.95. The van der Waals surface area contributed by atoms with Crippen molar-refractivity contribution < 1.29 is 0 Å². The van der Waals surface area contributed by atoms with Crippen molar-refractivity contribution in [3.05, 3.63) is 41.5 Å². The summed E-state index contributed by atoms with van der Waals surface area (Å²) in [4.78, 5) is 25.1. The summed E-state index contributed by atoms with van der Waals surface area (Å²) >= 11 is 7.18. The average molecular weight is 320 g/mol. The number of rotatable bonds is 3. The molecule has 0 saturated heterocycles. The van der Waals surface area contributed by atoms with Crippen LogP contribution >= 0.6 is 23.4 Å². The van der Waals surface area contributed by atoms with E-state index in [1.165, 1.54) is 11.8 Å². The first-order chi connectivity index (χ1) is 10.1. The van der Waals surface area contributed by atoms with Crippen LogP contribution in [0, 0.1) is 13.8 Å². The Hall–Kier alpha value is -2.06. The van der Waals surface area contributed by atoms with Gasteiger partial charge in [0.2, 0.25) is 16.4 Å². The number of halogens is 1. The molecule has 9 heteroatoms. The zero-order valence-electron chi connectivity index (χ0n) is 11.2. The van der Waals surface area contributed by atoms with E-state index in [1.54, 1.807) is 23.3 Å². The van der Waals surface area contributed by atoms with Crippen LogP contribution in [0.3, 0.4) is 0 Å². The molecule has 3 rings (SSSR count). The minimum Gasteiger partial charge on any atom is -0.274 e. The fraction of sp³-hybridized carbons (Fsp3) is 0.167. The van der Waals surface area contributed by atoms with Crippen LogP contribution in [0.5, 0.6) is 0 Å². The molecule has 0 unspecified atom stereocenters. The highest BCUT2D eigenvalue weighted by atomic mass is 35.5. The van der Waals surface area contributed by atoms with Gasteiger partial charge in [0.25, 0.3) is 0 Å². The van der Waals surface area contributed by atoms with Crippen LogP contribution in [0.1, 0.15) is 11.4 Å². The van der Waals surface area contributed by atoms with Gasteiger partial charge in [0.15, 0.2) is 5.16 Å². The molecule has 0 aliphatic heterocycles. The van der Waals surface area contributed by atoms with Gasteiger partial charge in [-0.15, -0.1) is 0 Å². The van der Waals surface area contributed by atoms with Crippen LogP contribution in [0.2, 0.25) is 5.28 Å². The maximum atomic E-state index is 5.95. The molecule has 0 fully saturated rings. The zero-order valence-corrected chi connectivity index (χ0v) is 12.8. The molecule has 0 amide bonds. The van der Waals surface area contributed by atoms with Crippen LogP contribution in [0.25, 0.3) is 5.95 Å². The molecule has 0 saturated carbocycles. The van der Waals surface area contributed by atoms with E-state index in [4.69, 9.17) is 11.6 Å². The molecule has 0 radical (unpaired) electrons. The average Bonchev–Trinajstić information content (AvgIpc) is 2.90. The van der Waals surface area contributed by atoms with Crippen molar-refractivity contribution in [3.63, 3.8) is 0 Å². The quantitative estimate of drug-likeness (QED) is 0.685. The van der Waals surface area contributed by atoms with Crippen molar-refractivity contribution in [2.24, 2.45) is 0 Å². The first-order valence-electron chi connectivity index (χ1n) is 6.00. The summed E-state index contributed by atoms with van der Waals surface area (Å²) in [5.74, 6) is 0.402. The largest absolute Gasteiger partial charge is 0.274 e. The minimum absolute atomic E-state index is 0.112. The Labute approximate surface area is 129 Å². The first kappa shape index (κ1) is 13.9. The molecule has 0 aliphatic carbocycles. The van der Waals surface area contributed by atoms with E-state index in [2.05, 4.69) is 29.9 Å². The maximum absolute atomic E-state index is 5.95. The van der Waals surface area contributed by atoms with E-state index in [0.29, 0.717) is 16.3 Å². The van der Waals surface area contributed by atoms with Gasteiger partial charge in [-0.05, 0) is 43.3 Å². The van der Waals surface area contributed by atoms with Crippen molar-refractivity contribution >= 4 is 23.4 Å². The van der Waals surface area contributed by atoms with Gasteiger partial charge >= 0.3 is 0 Å². The standard InChI is InChI=1S/C12H10ClN7S/c1-7-5-8(2)16-11(15-7)21-12-18-9(13)17-10(19-12)20-4-3-14-6-20/h3-6H,1-2H3. The third-order valence-electron chi connectivity index (χ3n) is 2.46. The molecule has 3 heterocycles. The van der Waals surface area contributed by atoms with Crippen molar-refractivity contribution in [1.29, 1.82) is 0 Å². The van der Waals surface area contributed by atoms with Crippen LogP contribution in [-0.4, -0.2) is 34.5 Å². The lowest BCUT2D eigenvalue weighted by molar-refractivity contribution is 0.816. The minimum atomic E-state index is 0.112. The van der Waals surface area contributed by atoms with Gasteiger partial charge in [-0.3, -0.25) is 4.57 Å². The lowest BCUT2D eigenvalue weighted by Gasteiger charge is -2.04. The molecule has 3 aromatic heterocycles. The van der Waals surface area contributed by atoms with Gasteiger partial charge in [0.1, 0.15) is 6.33 Å². The Kier molecular flexibility index (Phi) is 3.80. The molecule has 0 bridgehead atoms. The van der Waals surface area contributed by atoms with E-state index >= 15 is 0 Å². The Morgan fingerprint density at radius 1 is 1.00 bits per heavy atom. The summed E-state index contributed by atoms with van der Waals surface area (Å²) in [7, 11) is 0. The summed E-state index contributed by atoms with van der Waals surface area (Å²) in [6.45, 7) is 3.83. The van der Waals surface area contributed by atoms with Crippen LogP contribution < -0.4 is 0 Å². The van der Waals surface area contributed by atoms with E-state index in [9.17, 15) is 0 Å². The van der Waals surface area contributed by atoms with Gasteiger partial charge in [0.05, 0.1) is 0 Å². The molecular weight excluding hydrogens is 310 g/mol. The highest BCUT2D eigenvalue weighted by Crippen LogP contribution is 2.23. The summed E-state index contributed by atoms with van der Waals surface area (Å²) in [6.07, 6.45) is 4.96. The summed E-state index contributed by atoms with van der Waals surface area (Å²) in [6, 6.07) is 1.90. The molecule has 0 atom stereocenters. The van der Waals surface area contributed by atoms with Crippen molar-refractivity contribution in [1.82, 2.24) is 34.5 Å². The van der Waals surface area contributed by atoms with Crippen molar-refractivity contribution in [2.75, 3.05) is 0 Å². The molecule has 21 heavy (non-hydrogen) atoms. The first-order valence-corrected chi connectivity index (χ1v) is 7.19. The number of imidazole rings is 1. The topological polar surface area (TPSA) is 82.3 Å². The number of aryl methyl sites for hydroxylation is 2. The summed E-state index contributed by atoms with van der Waals surface area (Å²) in [5.41, 5.74) is 1.78. The van der Waals surface area contributed by atoms with E-state index in [0.717, 1.165) is 11.4 Å². The summed E-state index contributed by atoms with van der Waals surface area (Å²) < 4.78 is 1.65. The SMILES string of the molecule is Cc1cc(C)nc(Sc2nc(Cl)nc(-n3ccnc3)n2)n1. The number of aromatic nitrogens is 7. The highest BCUT2D eigenvalue weighted by molar-refractivity contribution is 7.99. The number of hydrogen-bond acceptors (Lipinski definition) is 7. The molecular formula is C12H10ClN7S. The van der Waals surface area contributed by atoms with Crippen molar-refractivity contribution in [3.8, 4) is 5.95 Å². The monoisotopic (exact) mass is 319 g/mol. The lowest BCUT2D eigenvalue weighted by Crippen LogP contribution is -2.03. The molecule has 0 N–H and O–H groups in total. The molecule has 7 nitrogen and oxygen atoms in total. The Morgan fingerprint density at radius 2 is 1.71 bits per heavy atom. The fourth-order valence-electron chi connectivity index (χ4n) is 1.68. The van der Waals surface area contributed by atoms with Crippen molar-refractivity contribution in [2.45, 2.75) is 24.2 Å². The van der Waals surface area contributed by atoms with Crippen LogP contribution in [0.4, 0.5) is 0 Å². The third-order valence-corrected chi connectivity index (χ3v) is 3.35. The third kappa shape index (κ3) is 3.34. The molecule has 0 aliphatic rings. The highest BCUT2D eigenvalue weighted by Gasteiger charge is 2.10. The maximum Gasteiger partial charge on any atom is 0.240 e. The van der Waals surface area contributed by atoms with Gasteiger partial charge in [-0.1, -0.05) is 0 Å². The predicted octanol–water partition coefficient (Wildman–Crippen LogP) is 2.27. The Bertz CT molecular complexity index is 755. The second-order valence-electron chi connectivity index (χ2n) is 4.19. The molecule has 3 aromatic rings. The van der Waals surface area contributed by atoms with Crippen LogP contribution in [0.15, 0.2) is 35.1 Å². The number of nitrogens with zero attached hydrogens (tertiary/aromatic N) is 7. The van der Waals surface area contributed by atoms with Gasteiger partial charge in [-0.25, -0.2) is 15.0 Å². The van der Waals surface area contributed by atoms with Crippen LogP contribution in [-0.2, 0) is 0 Å². The number of hydrogen-bond donors (Lipinski definition) is 0. The lowest BCUT2D eigenvalue weighted by atomic mass is 10.4. The van der Waals surface area contributed by atoms with Gasteiger partial charge in [0, 0.05) is 23.8 Å². The second kappa shape index (κ2) is 5.74. The predicted molar refractivity (Wildman–Crippen MR) is 77.6 cm³/mol. The fourth-order valence-corrected chi connectivity index (χ4v) is 2.69. The molecule has 0 spiro atoms. The van der Waals surface area contributed by atoms with Gasteiger partial charge in [-0.2, -0.15) is 15.0 Å². The second-order valence-corrected chi connectivity index (χ2v) is 5.46.